The van der Waals surface area contributed by atoms with E-state index in [1.165, 1.54) is 6.26 Å². The summed E-state index contributed by atoms with van der Waals surface area (Å²) in [5.74, 6) is 1.66. The van der Waals surface area contributed by atoms with Crippen molar-refractivity contribution in [3.05, 3.63) is 54.1 Å². The first-order chi connectivity index (χ1) is 14.4. The van der Waals surface area contributed by atoms with Crippen LogP contribution in [-0.4, -0.2) is 60.5 Å². The summed E-state index contributed by atoms with van der Waals surface area (Å²) in [4.78, 5) is 7.00. The van der Waals surface area contributed by atoms with E-state index in [-0.39, 0.29) is 0 Å². The summed E-state index contributed by atoms with van der Waals surface area (Å²) in [5, 5.41) is 6.84. The smallest absolute Gasteiger partial charge is 0.191 e. The summed E-state index contributed by atoms with van der Waals surface area (Å²) in [6, 6.07) is 15.4. The number of hydrogen-bond acceptors (Lipinski definition) is 5. The quantitative estimate of drug-likeness (QED) is 0.517. The van der Waals surface area contributed by atoms with Gasteiger partial charge in [0.15, 0.2) is 15.8 Å². The lowest BCUT2D eigenvalue weighted by atomic mass is 10.1. The van der Waals surface area contributed by atoms with Gasteiger partial charge in [-0.15, -0.1) is 0 Å². The zero-order valence-electron chi connectivity index (χ0n) is 17.8. The molecule has 1 aliphatic heterocycles. The van der Waals surface area contributed by atoms with Gasteiger partial charge in [0.1, 0.15) is 5.75 Å². The zero-order valence-corrected chi connectivity index (χ0v) is 18.6. The number of ether oxygens (including phenoxy) is 1. The second-order valence-corrected chi connectivity index (χ2v) is 9.43. The third-order valence-electron chi connectivity index (χ3n) is 5.24. The van der Waals surface area contributed by atoms with E-state index in [4.69, 9.17) is 4.74 Å². The van der Waals surface area contributed by atoms with Crippen LogP contribution in [0.4, 0.5) is 5.69 Å². The molecule has 2 N–H and O–H groups in total. The van der Waals surface area contributed by atoms with Crippen molar-refractivity contribution in [2.45, 2.75) is 23.8 Å². The van der Waals surface area contributed by atoms with Gasteiger partial charge < -0.3 is 20.3 Å². The fraction of sp³-hybridized carbons (Fsp3) is 0.409. The largest absolute Gasteiger partial charge is 0.495 e. The maximum atomic E-state index is 11.6. The molecule has 2 aromatic rings. The van der Waals surface area contributed by atoms with Crippen molar-refractivity contribution in [1.29, 1.82) is 0 Å². The summed E-state index contributed by atoms with van der Waals surface area (Å²) in [6.45, 7) is 2.55. The van der Waals surface area contributed by atoms with Gasteiger partial charge in [0.2, 0.25) is 0 Å². The number of rotatable bonds is 7. The molecule has 0 radical (unpaired) electrons. The van der Waals surface area contributed by atoms with E-state index in [0.29, 0.717) is 17.5 Å². The molecule has 0 aliphatic carbocycles. The monoisotopic (exact) mass is 430 g/mol. The highest BCUT2D eigenvalue weighted by molar-refractivity contribution is 7.90. The predicted molar refractivity (Wildman–Crippen MR) is 121 cm³/mol. The van der Waals surface area contributed by atoms with Crippen LogP contribution in [0.25, 0.3) is 0 Å². The molecule has 0 aromatic heterocycles. The number of aliphatic imine (C=N–C) groups is 1. The Morgan fingerprint density at radius 1 is 1.20 bits per heavy atom. The van der Waals surface area contributed by atoms with Crippen molar-refractivity contribution in [2.24, 2.45) is 4.99 Å². The van der Waals surface area contributed by atoms with E-state index >= 15 is 0 Å². The molecule has 1 atom stereocenters. The number of anilines is 1. The fourth-order valence-corrected chi connectivity index (χ4v) is 4.23. The van der Waals surface area contributed by atoms with Gasteiger partial charge in [-0.05, 0) is 42.7 Å². The highest BCUT2D eigenvalue weighted by Gasteiger charge is 2.25. The minimum absolute atomic E-state index is 0.301. The summed E-state index contributed by atoms with van der Waals surface area (Å²) in [5.41, 5.74) is 2.19. The molecule has 7 nitrogen and oxygen atoms in total. The first-order valence-corrected chi connectivity index (χ1v) is 11.9. The molecule has 3 rings (SSSR count). The number of hydrogen-bond donors (Lipinski definition) is 2. The molecule has 1 aliphatic rings. The number of nitrogens with one attached hydrogen (secondary N) is 2. The standard InChI is InChI=1S/C22H30N4O3S/c1-23-22(24-14-12-17-8-10-19(11-9-17)30(3,27)28)25-18-13-15-26(16-18)20-6-4-5-7-21(20)29-2/h4-11,18H,12-16H2,1-3H3,(H2,23,24,25). The maximum Gasteiger partial charge on any atom is 0.191 e. The van der Waals surface area contributed by atoms with E-state index in [9.17, 15) is 8.42 Å². The van der Waals surface area contributed by atoms with Crippen LogP contribution in [0.15, 0.2) is 58.4 Å². The number of nitrogens with zero attached hydrogens (tertiary/aromatic N) is 2. The maximum absolute atomic E-state index is 11.6. The third-order valence-corrected chi connectivity index (χ3v) is 6.36. The number of guanidine groups is 1. The van der Waals surface area contributed by atoms with Crippen LogP contribution in [0.3, 0.4) is 0 Å². The van der Waals surface area contributed by atoms with Gasteiger partial charge in [-0.1, -0.05) is 24.3 Å². The SMILES string of the molecule is CN=C(NCCc1ccc(S(C)(=O)=O)cc1)NC1CCN(c2ccccc2OC)C1. The van der Waals surface area contributed by atoms with Gasteiger partial charge in [0.05, 0.1) is 17.7 Å². The lowest BCUT2D eigenvalue weighted by Crippen LogP contribution is -2.45. The summed E-state index contributed by atoms with van der Waals surface area (Å²) >= 11 is 0. The molecule has 1 fully saturated rings. The van der Waals surface area contributed by atoms with Crippen LogP contribution in [0.1, 0.15) is 12.0 Å². The van der Waals surface area contributed by atoms with Crippen LogP contribution < -0.4 is 20.3 Å². The molecule has 0 spiro atoms. The van der Waals surface area contributed by atoms with E-state index in [1.54, 1.807) is 26.3 Å². The van der Waals surface area contributed by atoms with Gasteiger partial charge in [-0.3, -0.25) is 4.99 Å². The number of para-hydroxylation sites is 2. The Balaban J connectivity index is 1.48. The third kappa shape index (κ3) is 5.66. The molecule has 2 aromatic carbocycles. The topological polar surface area (TPSA) is 83.0 Å². The molecule has 0 bridgehead atoms. The molecule has 1 saturated heterocycles. The molecule has 1 heterocycles. The molecule has 8 heteroatoms. The zero-order chi connectivity index (χ0) is 21.6. The summed E-state index contributed by atoms with van der Waals surface area (Å²) in [6.07, 6.45) is 3.02. The molecular weight excluding hydrogens is 400 g/mol. The first kappa shape index (κ1) is 22.0. The minimum Gasteiger partial charge on any atom is -0.495 e. The Morgan fingerprint density at radius 3 is 2.60 bits per heavy atom. The lowest BCUT2D eigenvalue weighted by molar-refractivity contribution is 0.415. The van der Waals surface area contributed by atoms with Crippen molar-refractivity contribution in [3.8, 4) is 5.75 Å². The average Bonchev–Trinajstić information content (AvgIpc) is 3.21. The number of benzene rings is 2. The molecule has 0 amide bonds. The van der Waals surface area contributed by atoms with Gasteiger partial charge in [0, 0.05) is 39.0 Å². The van der Waals surface area contributed by atoms with Crippen molar-refractivity contribution in [1.82, 2.24) is 10.6 Å². The summed E-state index contributed by atoms with van der Waals surface area (Å²) < 4.78 is 28.6. The summed E-state index contributed by atoms with van der Waals surface area (Å²) in [7, 11) is 0.310. The Morgan fingerprint density at radius 2 is 1.93 bits per heavy atom. The second kappa shape index (κ2) is 9.84. The van der Waals surface area contributed by atoms with Crippen molar-refractivity contribution in [3.63, 3.8) is 0 Å². The Kier molecular flexibility index (Phi) is 7.20. The Hall–Kier alpha value is -2.74. The van der Waals surface area contributed by atoms with Gasteiger partial charge in [0.25, 0.3) is 0 Å². The highest BCUT2D eigenvalue weighted by Crippen LogP contribution is 2.30. The molecule has 162 valence electrons. The second-order valence-electron chi connectivity index (χ2n) is 7.41. The first-order valence-electron chi connectivity index (χ1n) is 10.0. The van der Waals surface area contributed by atoms with Gasteiger partial charge in [-0.25, -0.2) is 8.42 Å². The van der Waals surface area contributed by atoms with Crippen LogP contribution in [0.2, 0.25) is 0 Å². The fourth-order valence-electron chi connectivity index (χ4n) is 3.60. The normalized spacial score (nSPS) is 17.1. The molecular formula is C22H30N4O3S. The van der Waals surface area contributed by atoms with Crippen molar-refractivity contribution in [2.75, 3.05) is 44.9 Å². The van der Waals surface area contributed by atoms with Crippen molar-refractivity contribution < 1.29 is 13.2 Å². The van der Waals surface area contributed by atoms with Crippen molar-refractivity contribution >= 4 is 21.5 Å². The predicted octanol–water partition coefficient (Wildman–Crippen LogP) is 2.09. The van der Waals surface area contributed by atoms with E-state index in [0.717, 1.165) is 48.9 Å². The van der Waals surface area contributed by atoms with Crippen LogP contribution in [0, 0.1) is 0 Å². The molecule has 1 unspecified atom stereocenters. The number of sulfone groups is 1. The highest BCUT2D eigenvalue weighted by atomic mass is 32.2. The minimum atomic E-state index is -3.16. The molecule has 0 saturated carbocycles. The number of methoxy groups -OCH3 is 1. The lowest BCUT2D eigenvalue weighted by Gasteiger charge is -2.22. The van der Waals surface area contributed by atoms with Gasteiger partial charge >= 0.3 is 0 Å². The van der Waals surface area contributed by atoms with E-state index in [1.807, 2.05) is 30.3 Å². The Bertz CT molecular complexity index is 974. The molecule has 30 heavy (non-hydrogen) atoms. The average molecular weight is 431 g/mol. The van der Waals surface area contributed by atoms with Crippen LogP contribution in [-0.2, 0) is 16.3 Å². The van der Waals surface area contributed by atoms with Crippen LogP contribution in [0.5, 0.6) is 5.75 Å². The van der Waals surface area contributed by atoms with Crippen LogP contribution >= 0.6 is 0 Å². The van der Waals surface area contributed by atoms with E-state index < -0.39 is 9.84 Å². The van der Waals surface area contributed by atoms with E-state index in [2.05, 4.69) is 26.6 Å². The van der Waals surface area contributed by atoms with Gasteiger partial charge in [-0.2, -0.15) is 0 Å². The Labute approximate surface area is 179 Å².